The zero-order valence-corrected chi connectivity index (χ0v) is 21.7. The quantitative estimate of drug-likeness (QED) is 0.416. The highest BCUT2D eigenvalue weighted by molar-refractivity contribution is 7.85. The highest BCUT2D eigenvalue weighted by Gasteiger charge is 2.58. The predicted octanol–water partition coefficient (Wildman–Crippen LogP) is 4.12. The number of rotatable bonds is 7. The summed E-state index contributed by atoms with van der Waals surface area (Å²) in [5, 5.41) is 0. The van der Waals surface area contributed by atoms with E-state index in [9.17, 15) is 13.8 Å². The summed E-state index contributed by atoms with van der Waals surface area (Å²) in [5.41, 5.74) is -0.377. The van der Waals surface area contributed by atoms with E-state index in [1.807, 2.05) is 6.07 Å². The molecule has 3 aromatic rings. The minimum atomic E-state index is -1.75. The Bertz CT molecular complexity index is 1280. The van der Waals surface area contributed by atoms with E-state index in [1.54, 1.807) is 98.8 Å². The van der Waals surface area contributed by atoms with Crippen molar-refractivity contribution >= 4 is 22.7 Å². The molecule has 0 bridgehead atoms. The second-order valence-electron chi connectivity index (χ2n) is 9.42. The van der Waals surface area contributed by atoms with Crippen LogP contribution in [0.3, 0.4) is 0 Å². The van der Waals surface area contributed by atoms with Crippen molar-refractivity contribution in [1.29, 1.82) is 0 Å². The highest BCUT2D eigenvalue weighted by Crippen LogP contribution is 2.40. The van der Waals surface area contributed by atoms with Crippen LogP contribution in [0.25, 0.3) is 0 Å². The molecule has 2 aliphatic heterocycles. The van der Waals surface area contributed by atoms with Gasteiger partial charge in [-0.3, -0.25) is 4.21 Å². The molecule has 9 heteroatoms. The van der Waals surface area contributed by atoms with E-state index in [0.29, 0.717) is 16.0 Å². The summed E-state index contributed by atoms with van der Waals surface area (Å²) >= 11 is 0. The van der Waals surface area contributed by atoms with Crippen molar-refractivity contribution < 1.29 is 37.5 Å². The largest absolute Gasteiger partial charge is 0.459 e. The average Bonchev–Trinajstić information content (AvgIpc) is 3.28. The van der Waals surface area contributed by atoms with Gasteiger partial charge in [-0.1, -0.05) is 54.6 Å². The average molecular weight is 537 g/mol. The van der Waals surface area contributed by atoms with E-state index in [0.717, 1.165) is 0 Å². The first-order valence-electron chi connectivity index (χ1n) is 12.3. The first-order chi connectivity index (χ1) is 18.3. The molecule has 2 heterocycles. The first kappa shape index (κ1) is 26.2. The van der Waals surface area contributed by atoms with Crippen molar-refractivity contribution in [2.24, 2.45) is 0 Å². The number of hydrogen-bond donors (Lipinski definition) is 0. The molecule has 8 nitrogen and oxygen atoms in total. The molecule has 2 saturated heterocycles. The van der Waals surface area contributed by atoms with Gasteiger partial charge in [-0.2, -0.15) is 0 Å². The van der Waals surface area contributed by atoms with Gasteiger partial charge in [-0.15, -0.1) is 0 Å². The normalized spacial score (nSPS) is 26.6. The molecular weight excluding hydrogens is 508 g/mol. The Morgan fingerprint density at radius 2 is 1.32 bits per heavy atom. The second kappa shape index (κ2) is 11.2. The van der Waals surface area contributed by atoms with Gasteiger partial charge in [0.25, 0.3) is 0 Å². The molecule has 0 N–H and O–H groups in total. The topological polar surface area (TPSA) is 97.4 Å². The van der Waals surface area contributed by atoms with Crippen LogP contribution in [0.2, 0.25) is 0 Å². The maximum atomic E-state index is 13.8. The fourth-order valence-corrected chi connectivity index (χ4v) is 5.93. The van der Waals surface area contributed by atoms with Gasteiger partial charge >= 0.3 is 11.9 Å². The van der Waals surface area contributed by atoms with Gasteiger partial charge in [0, 0.05) is 4.90 Å². The van der Waals surface area contributed by atoms with E-state index in [1.165, 1.54) is 0 Å². The standard InChI is InChI=1S/C29H28O8S/c1-29(2)36-23-22(18-33-26(30)19-12-6-3-7-13-19)34-28(38(32)21-16-10-5-11-17-21)25(24(23)37-29)35-27(31)20-14-8-4-9-15-20/h3-17,22-25,28H,18H2,1-2H3/t22-,23+,24+,25-,28+,38?/m1/s1. The number of benzene rings is 3. The molecule has 3 aromatic carbocycles. The lowest BCUT2D eigenvalue weighted by molar-refractivity contribution is -0.171. The zero-order chi connectivity index (χ0) is 26.7. The van der Waals surface area contributed by atoms with Crippen LogP contribution in [-0.4, -0.2) is 58.4 Å². The first-order valence-corrected chi connectivity index (χ1v) is 13.5. The summed E-state index contributed by atoms with van der Waals surface area (Å²) in [5.74, 6) is -2.17. The molecule has 2 aliphatic rings. The van der Waals surface area contributed by atoms with E-state index >= 15 is 0 Å². The van der Waals surface area contributed by atoms with Gasteiger partial charge in [-0.25, -0.2) is 9.59 Å². The monoisotopic (exact) mass is 536 g/mol. The number of hydrogen-bond acceptors (Lipinski definition) is 8. The number of fused-ring (bicyclic) bond motifs is 1. The van der Waals surface area contributed by atoms with Crippen molar-refractivity contribution in [2.75, 3.05) is 6.61 Å². The Labute approximate surface area is 223 Å². The molecular formula is C29H28O8S. The molecule has 0 aliphatic carbocycles. The number of carbonyl (C=O) groups is 2. The van der Waals surface area contributed by atoms with Gasteiger partial charge in [0.15, 0.2) is 17.3 Å². The molecule has 0 amide bonds. The van der Waals surface area contributed by atoms with Gasteiger partial charge in [0.1, 0.15) is 24.9 Å². The summed E-state index contributed by atoms with van der Waals surface area (Å²) in [6.45, 7) is 3.30. The molecule has 2 fully saturated rings. The van der Waals surface area contributed by atoms with E-state index in [-0.39, 0.29) is 6.61 Å². The Morgan fingerprint density at radius 3 is 1.92 bits per heavy atom. The molecule has 0 spiro atoms. The third-order valence-corrected chi connectivity index (χ3v) is 7.80. The lowest BCUT2D eigenvalue weighted by Crippen LogP contribution is -2.60. The van der Waals surface area contributed by atoms with E-state index in [2.05, 4.69) is 0 Å². The maximum Gasteiger partial charge on any atom is 0.338 e. The molecule has 0 radical (unpaired) electrons. The number of ether oxygens (including phenoxy) is 5. The lowest BCUT2D eigenvalue weighted by atomic mass is 10.00. The van der Waals surface area contributed by atoms with Crippen molar-refractivity contribution in [2.45, 2.75) is 54.4 Å². The lowest BCUT2D eigenvalue weighted by Gasteiger charge is -2.41. The van der Waals surface area contributed by atoms with E-state index < -0.39 is 58.4 Å². The van der Waals surface area contributed by atoms with E-state index in [4.69, 9.17) is 23.7 Å². The Morgan fingerprint density at radius 1 is 0.789 bits per heavy atom. The summed E-state index contributed by atoms with van der Waals surface area (Å²) in [6, 6.07) is 25.9. The summed E-state index contributed by atoms with van der Waals surface area (Å²) in [4.78, 5) is 26.2. The smallest absolute Gasteiger partial charge is 0.338 e. The van der Waals surface area contributed by atoms with Crippen LogP contribution in [-0.2, 0) is 34.5 Å². The summed E-state index contributed by atoms with van der Waals surface area (Å²) in [6.07, 6.45) is -3.44. The third kappa shape index (κ3) is 5.71. The molecule has 0 saturated carbocycles. The van der Waals surface area contributed by atoms with Gasteiger partial charge in [0.05, 0.1) is 21.9 Å². The predicted molar refractivity (Wildman–Crippen MR) is 138 cm³/mol. The SMILES string of the molecule is CC1(C)O[C@@H]2[C@@H](OC(=O)c3ccccc3)[C@H](S(=O)c3ccccc3)O[C@H](COC(=O)c3ccccc3)[C@@H]2O1. The number of esters is 2. The van der Waals surface area contributed by atoms with Crippen LogP contribution in [0, 0.1) is 0 Å². The molecule has 1 unspecified atom stereocenters. The minimum absolute atomic E-state index is 0.170. The Kier molecular flexibility index (Phi) is 7.71. The number of carbonyl (C=O) groups excluding carboxylic acids is 2. The van der Waals surface area contributed by atoms with Crippen molar-refractivity contribution in [3.8, 4) is 0 Å². The van der Waals surface area contributed by atoms with Crippen molar-refractivity contribution in [1.82, 2.24) is 0 Å². The second-order valence-corrected chi connectivity index (χ2v) is 10.9. The van der Waals surface area contributed by atoms with Crippen molar-refractivity contribution in [3.63, 3.8) is 0 Å². The highest BCUT2D eigenvalue weighted by atomic mass is 32.2. The molecule has 5 rings (SSSR count). The maximum absolute atomic E-state index is 13.8. The van der Waals surface area contributed by atoms with Crippen LogP contribution in [0.15, 0.2) is 95.9 Å². The zero-order valence-electron chi connectivity index (χ0n) is 20.9. The molecule has 0 aromatic heterocycles. The fraction of sp³-hybridized carbons (Fsp3) is 0.310. The van der Waals surface area contributed by atoms with Gasteiger partial charge < -0.3 is 23.7 Å². The Balaban J connectivity index is 1.44. The fourth-order valence-electron chi connectivity index (χ4n) is 4.54. The van der Waals surface area contributed by atoms with Crippen LogP contribution in [0.4, 0.5) is 0 Å². The third-order valence-electron chi connectivity index (χ3n) is 6.26. The van der Waals surface area contributed by atoms with Crippen LogP contribution >= 0.6 is 0 Å². The minimum Gasteiger partial charge on any atom is -0.459 e. The Hall–Kier alpha value is -3.37. The van der Waals surface area contributed by atoms with Crippen molar-refractivity contribution in [3.05, 3.63) is 102 Å². The molecule has 198 valence electrons. The van der Waals surface area contributed by atoms with Gasteiger partial charge in [0.2, 0.25) is 0 Å². The van der Waals surface area contributed by atoms with Crippen LogP contribution < -0.4 is 0 Å². The molecule has 38 heavy (non-hydrogen) atoms. The molecule has 6 atom stereocenters. The van der Waals surface area contributed by atoms with Crippen LogP contribution in [0.5, 0.6) is 0 Å². The van der Waals surface area contributed by atoms with Crippen LogP contribution in [0.1, 0.15) is 34.6 Å². The van der Waals surface area contributed by atoms with Gasteiger partial charge in [-0.05, 0) is 50.2 Å². The summed E-state index contributed by atoms with van der Waals surface area (Å²) in [7, 11) is -1.75. The summed E-state index contributed by atoms with van der Waals surface area (Å²) < 4.78 is 43.8.